The molecule has 1 aliphatic carbocycles. The zero-order valence-electron chi connectivity index (χ0n) is 13.9. The molecule has 0 aliphatic heterocycles. The van der Waals surface area contributed by atoms with Crippen molar-refractivity contribution in [3.8, 4) is 0 Å². The largest absolute Gasteiger partial charge is 0.423 e. The van der Waals surface area contributed by atoms with Gasteiger partial charge in [-0.05, 0) is 60.9 Å². The van der Waals surface area contributed by atoms with Crippen molar-refractivity contribution in [1.82, 2.24) is 5.32 Å². The number of amides is 1. The molecule has 0 bridgehead atoms. The molecule has 5 nitrogen and oxygen atoms in total. The van der Waals surface area contributed by atoms with Crippen LogP contribution in [0, 0.1) is 0 Å². The summed E-state index contributed by atoms with van der Waals surface area (Å²) in [4.78, 5) is 23.8. The van der Waals surface area contributed by atoms with Crippen molar-refractivity contribution in [3.05, 3.63) is 74.6 Å². The van der Waals surface area contributed by atoms with Crippen LogP contribution in [0.15, 0.2) is 62.2 Å². The van der Waals surface area contributed by atoms with Gasteiger partial charge in [0.1, 0.15) is 5.58 Å². The molecule has 4 rings (SSSR count). The van der Waals surface area contributed by atoms with Crippen LogP contribution >= 0.6 is 15.9 Å². The molecule has 1 heterocycles. The number of carbonyl (C=O) groups excluding carboxylic acids is 1. The first-order chi connectivity index (χ1) is 12.6. The van der Waals surface area contributed by atoms with E-state index >= 15 is 0 Å². The van der Waals surface area contributed by atoms with Crippen LogP contribution in [0.5, 0.6) is 0 Å². The molecule has 1 fully saturated rings. The Morgan fingerprint density at radius 1 is 1.12 bits per heavy atom. The van der Waals surface area contributed by atoms with Gasteiger partial charge in [0.25, 0.3) is 5.91 Å². The minimum atomic E-state index is -0.375. The standard InChI is InChI=1S/C20H17BrN2O3/c21-14-3-8-17-13(9-19(24)26-18(17)10-14)11-22-15-4-1-12(2-5-15)20(25)23-16-6-7-16/h1-5,8-10,16,22H,6-7,11H2,(H,23,25). The van der Waals surface area contributed by atoms with E-state index in [0.717, 1.165) is 34.0 Å². The number of hydrogen-bond donors (Lipinski definition) is 2. The lowest BCUT2D eigenvalue weighted by Crippen LogP contribution is -2.25. The second-order valence-corrected chi connectivity index (χ2v) is 7.33. The highest BCUT2D eigenvalue weighted by molar-refractivity contribution is 9.10. The van der Waals surface area contributed by atoms with Crippen LogP contribution in [0.4, 0.5) is 5.69 Å². The van der Waals surface area contributed by atoms with Crippen molar-refractivity contribution >= 4 is 38.5 Å². The number of nitrogens with one attached hydrogen (secondary N) is 2. The van der Waals surface area contributed by atoms with E-state index < -0.39 is 0 Å². The Balaban J connectivity index is 1.49. The molecule has 0 radical (unpaired) electrons. The predicted molar refractivity (Wildman–Crippen MR) is 104 cm³/mol. The Bertz CT molecular complexity index is 1020. The van der Waals surface area contributed by atoms with Crippen LogP contribution in [0.2, 0.25) is 0 Å². The first kappa shape index (κ1) is 16.8. The van der Waals surface area contributed by atoms with Crippen LogP contribution in [-0.2, 0) is 6.54 Å². The van der Waals surface area contributed by atoms with Gasteiger partial charge in [0.05, 0.1) is 0 Å². The second kappa shape index (κ2) is 6.96. The highest BCUT2D eigenvalue weighted by Crippen LogP contribution is 2.23. The summed E-state index contributed by atoms with van der Waals surface area (Å²) in [5.74, 6) is -0.0312. The van der Waals surface area contributed by atoms with Gasteiger partial charge in [-0.15, -0.1) is 0 Å². The van der Waals surface area contributed by atoms with Crippen molar-refractivity contribution < 1.29 is 9.21 Å². The molecule has 2 aromatic carbocycles. The lowest BCUT2D eigenvalue weighted by molar-refractivity contribution is 0.0951. The highest BCUT2D eigenvalue weighted by Gasteiger charge is 2.23. The van der Waals surface area contributed by atoms with E-state index in [2.05, 4.69) is 26.6 Å². The molecule has 26 heavy (non-hydrogen) atoms. The summed E-state index contributed by atoms with van der Waals surface area (Å²) in [6, 6.07) is 14.8. The Hall–Kier alpha value is -2.60. The molecule has 0 atom stereocenters. The van der Waals surface area contributed by atoms with E-state index in [1.165, 1.54) is 6.07 Å². The van der Waals surface area contributed by atoms with Crippen LogP contribution in [0.3, 0.4) is 0 Å². The third-order valence-corrected chi connectivity index (χ3v) is 4.83. The van der Waals surface area contributed by atoms with Crippen molar-refractivity contribution in [2.24, 2.45) is 0 Å². The fourth-order valence-electron chi connectivity index (χ4n) is 2.78. The number of carbonyl (C=O) groups is 1. The zero-order chi connectivity index (χ0) is 18.1. The van der Waals surface area contributed by atoms with Gasteiger partial charge in [-0.3, -0.25) is 4.79 Å². The maximum absolute atomic E-state index is 12.0. The number of benzene rings is 2. The van der Waals surface area contributed by atoms with Gasteiger partial charge in [-0.1, -0.05) is 15.9 Å². The molecule has 132 valence electrons. The molecule has 3 aromatic rings. The van der Waals surface area contributed by atoms with E-state index in [9.17, 15) is 9.59 Å². The number of anilines is 1. The molecule has 6 heteroatoms. The minimum absolute atomic E-state index is 0.0312. The van der Waals surface area contributed by atoms with Gasteiger partial charge in [0, 0.05) is 39.8 Å². The summed E-state index contributed by atoms with van der Waals surface area (Å²) in [6.45, 7) is 0.483. The highest BCUT2D eigenvalue weighted by atomic mass is 79.9. The molecule has 2 N–H and O–H groups in total. The molecular weight excluding hydrogens is 396 g/mol. The Morgan fingerprint density at radius 2 is 1.88 bits per heavy atom. The second-order valence-electron chi connectivity index (χ2n) is 6.41. The van der Waals surface area contributed by atoms with Gasteiger partial charge < -0.3 is 15.1 Å². The molecule has 0 spiro atoms. The number of halogens is 1. The summed E-state index contributed by atoms with van der Waals surface area (Å²) in [5.41, 5.74) is 2.57. The van der Waals surface area contributed by atoms with E-state index in [1.54, 1.807) is 18.2 Å². The molecule has 1 amide bonds. The van der Waals surface area contributed by atoms with Crippen molar-refractivity contribution in [1.29, 1.82) is 0 Å². The minimum Gasteiger partial charge on any atom is -0.423 e. The number of hydrogen-bond acceptors (Lipinski definition) is 4. The first-order valence-corrected chi connectivity index (χ1v) is 9.25. The summed E-state index contributed by atoms with van der Waals surface area (Å²) in [7, 11) is 0. The predicted octanol–water partition coefficient (Wildman–Crippen LogP) is 4.06. The van der Waals surface area contributed by atoms with E-state index in [4.69, 9.17) is 4.42 Å². The topological polar surface area (TPSA) is 71.3 Å². The van der Waals surface area contributed by atoms with Crippen LogP contribution in [0.1, 0.15) is 28.8 Å². The maximum atomic E-state index is 12.0. The summed E-state index contributed by atoms with van der Waals surface area (Å²) in [5, 5.41) is 7.15. The van der Waals surface area contributed by atoms with Crippen molar-refractivity contribution in [2.45, 2.75) is 25.4 Å². The molecular formula is C20H17BrN2O3. The number of fused-ring (bicyclic) bond motifs is 1. The Morgan fingerprint density at radius 3 is 2.62 bits per heavy atom. The number of rotatable bonds is 5. The van der Waals surface area contributed by atoms with Crippen LogP contribution < -0.4 is 16.3 Å². The SMILES string of the molecule is O=C(NC1CC1)c1ccc(NCc2cc(=O)oc3cc(Br)ccc23)cc1. The fourth-order valence-corrected chi connectivity index (χ4v) is 3.12. The monoisotopic (exact) mass is 412 g/mol. The third kappa shape index (κ3) is 3.80. The smallest absolute Gasteiger partial charge is 0.336 e. The lowest BCUT2D eigenvalue weighted by Gasteiger charge is -2.10. The zero-order valence-corrected chi connectivity index (χ0v) is 15.5. The third-order valence-electron chi connectivity index (χ3n) is 4.33. The van der Waals surface area contributed by atoms with E-state index in [0.29, 0.717) is 23.7 Å². The van der Waals surface area contributed by atoms with Crippen molar-refractivity contribution in [2.75, 3.05) is 5.32 Å². The van der Waals surface area contributed by atoms with E-state index in [1.807, 2.05) is 24.3 Å². The quantitative estimate of drug-likeness (QED) is 0.619. The van der Waals surface area contributed by atoms with Gasteiger partial charge in [0.15, 0.2) is 0 Å². The summed E-state index contributed by atoms with van der Waals surface area (Å²) < 4.78 is 6.12. The first-order valence-electron chi connectivity index (χ1n) is 8.45. The van der Waals surface area contributed by atoms with Gasteiger partial charge >= 0.3 is 5.63 Å². The molecule has 1 aliphatic rings. The average molecular weight is 413 g/mol. The Kier molecular flexibility index (Phi) is 4.51. The molecule has 1 aromatic heterocycles. The normalized spacial score (nSPS) is 13.6. The maximum Gasteiger partial charge on any atom is 0.336 e. The lowest BCUT2D eigenvalue weighted by atomic mass is 10.1. The van der Waals surface area contributed by atoms with Crippen molar-refractivity contribution in [3.63, 3.8) is 0 Å². The molecule has 0 saturated heterocycles. The van der Waals surface area contributed by atoms with Crippen LogP contribution in [-0.4, -0.2) is 11.9 Å². The summed E-state index contributed by atoms with van der Waals surface area (Å²) in [6.07, 6.45) is 2.14. The Labute approximate surface area is 158 Å². The van der Waals surface area contributed by atoms with E-state index in [-0.39, 0.29) is 11.5 Å². The average Bonchev–Trinajstić information content (AvgIpc) is 3.43. The van der Waals surface area contributed by atoms with Crippen LogP contribution in [0.25, 0.3) is 11.0 Å². The fraction of sp³-hybridized carbons (Fsp3) is 0.200. The molecule has 0 unspecified atom stereocenters. The summed E-state index contributed by atoms with van der Waals surface area (Å²) >= 11 is 3.38. The van der Waals surface area contributed by atoms with Gasteiger partial charge in [0.2, 0.25) is 0 Å². The molecule has 1 saturated carbocycles. The van der Waals surface area contributed by atoms with Gasteiger partial charge in [-0.25, -0.2) is 4.79 Å². The van der Waals surface area contributed by atoms with Gasteiger partial charge in [-0.2, -0.15) is 0 Å².